The van der Waals surface area contributed by atoms with Gasteiger partial charge in [-0.15, -0.1) is 0 Å². The molecule has 0 amide bonds. The van der Waals surface area contributed by atoms with Crippen LogP contribution in [0.15, 0.2) is 43.1 Å². The van der Waals surface area contributed by atoms with Gasteiger partial charge in [0, 0.05) is 31.7 Å². The number of pyridine rings is 1. The van der Waals surface area contributed by atoms with Crippen molar-refractivity contribution in [1.82, 2.24) is 14.5 Å². The molecule has 16 heavy (non-hydrogen) atoms. The summed E-state index contributed by atoms with van der Waals surface area (Å²) in [5, 5.41) is 3.29. The van der Waals surface area contributed by atoms with Crippen molar-refractivity contribution < 1.29 is 0 Å². The van der Waals surface area contributed by atoms with Crippen LogP contribution in [0.5, 0.6) is 0 Å². The van der Waals surface area contributed by atoms with E-state index >= 15 is 0 Å². The van der Waals surface area contributed by atoms with E-state index in [4.69, 9.17) is 0 Å². The molecule has 1 N–H and O–H groups in total. The van der Waals surface area contributed by atoms with Gasteiger partial charge >= 0.3 is 0 Å². The zero-order valence-corrected chi connectivity index (χ0v) is 9.21. The Bertz CT molecular complexity index is 383. The molecule has 4 heteroatoms. The van der Waals surface area contributed by atoms with Crippen molar-refractivity contribution in [2.75, 3.05) is 11.9 Å². The first-order valence-corrected chi connectivity index (χ1v) is 5.56. The lowest BCUT2D eigenvalue weighted by Gasteiger charge is -2.05. The van der Waals surface area contributed by atoms with E-state index in [0.29, 0.717) is 0 Å². The molecule has 0 radical (unpaired) electrons. The molecule has 4 nitrogen and oxygen atoms in total. The molecule has 0 aliphatic heterocycles. The summed E-state index contributed by atoms with van der Waals surface area (Å²) in [5.41, 5.74) is 0. The molecule has 2 aromatic rings. The average Bonchev–Trinajstić information content (AvgIpc) is 2.83. The highest BCUT2D eigenvalue weighted by molar-refractivity contribution is 5.32. The van der Waals surface area contributed by atoms with Gasteiger partial charge in [0.25, 0.3) is 0 Å². The molecule has 0 atom stereocenters. The normalized spacial score (nSPS) is 10.2. The fraction of sp³-hybridized carbons (Fsp3) is 0.333. The average molecular weight is 216 g/mol. The van der Waals surface area contributed by atoms with Crippen LogP contribution in [0.25, 0.3) is 0 Å². The van der Waals surface area contributed by atoms with Gasteiger partial charge in [0.15, 0.2) is 0 Å². The number of aryl methyl sites for hydroxylation is 1. The summed E-state index contributed by atoms with van der Waals surface area (Å²) in [6.45, 7) is 2.00. The molecule has 0 bridgehead atoms. The molecule has 0 fully saturated rings. The number of unbranched alkanes of at least 4 members (excludes halogenated alkanes) is 1. The minimum atomic E-state index is 0.949. The van der Waals surface area contributed by atoms with Crippen LogP contribution in [-0.4, -0.2) is 21.1 Å². The topological polar surface area (TPSA) is 42.7 Å². The second-order valence-electron chi connectivity index (χ2n) is 3.65. The van der Waals surface area contributed by atoms with E-state index in [1.54, 1.807) is 6.20 Å². The Hall–Kier alpha value is -1.84. The van der Waals surface area contributed by atoms with Crippen molar-refractivity contribution in [2.24, 2.45) is 0 Å². The molecule has 84 valence electrons. The van der Waals surface area contributed by atoms with E-state index < -0.39 is 0 Å². The van der Waals surface area contributed by atoms with Gasteiger partial charge in [0.05, 0.1) is 6.33 Å². The molecule has 0 saturated carbocycles. The number of anilines is 1. The lowest BCUT2D eigenvalue weighted by Crippen LogP contribution is -2.04. The molecule has 0 aromatic carbocycles. The van der Waals surface area contributed by atoms with Gasteiger partial charge < -0.3 is 9.88 Å². The first kappa shape index (κ1) is 10.7. The van der Waals surface area contributed by atoms with Crippen molar-refractivity contribution in [2.45, 2.75) is 19.4 Å². The standard InChI is InChI=1S/C12H16N4/c1-2-6-14-12(5-1)15-7-3-4-9-16-10-8-13-11-16/h1-2,5-6,8,10-11H,3-4,7,9H2,(H,14,15). The lowest BCUT2D eigenvalue weighted by molar-refractivity contribution is 0.620. The Morgan fingerprint density at radius 1 is 1.19 bits per heavy atom. The highest BCUT2D eigenvalue weighted by atomic mass is 15.0. The summed E-state index contributed by atoms with van der Waals surface area (Å²) in [6, 6.07) is 5.89. The summed E-state index contributed by atoms with van der Waals surface area (Å²) in [4.78, 5) is 8.21. The maximum atomic E-state index is 4.20. The van der Waals surface area contributed by atoms with Crippen molar-refractivity contribution in [3.05, 3.63) is 43.1 Å². The Labute approximate surface area is 95.4 Å². The smallest absolute Gasteiger partial charge is 0.125 e. The molecule has 0 aliphatic carbocycles. The third-order valence-electron chi connectivity index (χ3n) is 2.37. The number of nitrogens with one attached hydrogen (secondary N) is 1. The maximum absolute atomic E-state index is 4.20. The van der Waals surface area contributed by atoms with Gasteiger partial charge in [0.1, 0.15) is 5.82 Å². The first-order chi connectivity index (χ1) is 7.95. The van der Waals surface area contributed by atoms with E-state index in [0.717, 1.165) is 31.7 Å². The number of rotatable bonds is 6. The summed E-state index contributed by atoms with van der Waals surface area (Å²) >= 11 is 0. The molecule has 2 rings (SSSR count). The van der Waals surface area contributed by atoms with E-state index in [1.807, 2.05) is 36.9 Å². The predicted octanol–water partition coefficient (Wildman–Crippen LogP) is 2.17. The van der Waals surface area contributed by atoms with Gasteiger partial charge in [-0.3, -0.25) is 0 Å². The second-order valence-corrected chi connectivity index (χ2v) is 3.65. The van der Waals surface area contributed by atoms with Crippen LogP contribution in [0.1, 0.15) is 12.8 Å². The molecular formula is C12H16N4. The van der Waals surface area contributed by atoms with Gasteiger partial charge in [-0.2, -0.15) is 0 Å². The monoisotopic (exact) mass is 216 g/mol. The van der Waals surface area contributed by atoms with Gasteiger partial charge in [-0.25, -0.2) is 9.97 Å². The summed E-state index contributed by atoms with van der Waals surface area (Å²) in [5.74, 6) is 0.949. The molecule has 0 aliphatic rings. The minimum Gasteiger partial charge on any atom is -0.370 e. The molecule has 0 unspecified atom stereocenters. The number of hydrogen-bond acceptors (Lipinski definition) is 3. The third-order valence-corrected chi connectivity index (χ3v) is 2.37. The Kier molecular flexibility index (Phi) is 3.94. The van der Waals surface area contributed by atoms with Gasteiger partial charge in [-0.05, 0) is 25.0 Å². The van der Waals surface area contributed by atoms with E-state index in [9.17, 15) is 0 Å². The van der Waals surface area contributed by atoms with Gasteiger partial charge in [0.2, 0.25) is 0 Å². The van der Waals surface area contributed by atoms with Crippen LogP contribution in [0.4, 0.5) is 5.82 Å². The second kappa shape index (κ2) is 5.90. The van der Waals surface area contributed by atoms with Crippen molar-refractivity contribution in [3.8, 4) is 0 Å². The fourth-order valence-electron chi connectivity index (χ4n) is 1.52. The summed E-state index contributed by atoms with van der Waals surface area (Å²) in [7, 11) is 0. The molecule has 2 heterocycles. The highest BCUT2D eigenvalue weighted by Gasteiger charge is 1.92. The van der Waals surface area contributed by atoms with Crippen molar-refractivity contribution >= 4 is 5.82 Å². The quantitative estimate of drug-likeness (QED) is 0.752. The van der Waals surface area contributed by atoms with Crippen molar-refractivity contribution in [1.29, 1.82) is 0 Å². The maximum Gasteiger partial charge on any atom is 0.125 e. The Morgan fingerprint density at radius 2 is 2.19 bits per heavy atom. The highest BCUT2D eigenvalue weighted by Crippen LogP contribution is 2.01. The van der Waals surface area contributed by atoms with E-state index in [2.05, 4.69) is 19.9 Å². The first-order valence-electron chi connectivity index (χ1n) is 5.56. The van der Waals surface area contributed by atoms with Crippen LogP contribution in [0.2, 0.25) is 0 Å². The molecule has 0 spiro atoms. The third kappa shape index (κ3) is 3.38. The SMILES string of the molecule is c1ccc(NCCCCn2ccnc2)nc1. The van der Waals surface area contributed by atoms with E-state index in [-0.39, 0.29) is 0 Å². The number of nitrogens with zero attached hydrogens (tertiary/aromatic N) is 3. The zero-order chi connectivity index (χ0) is 11.1. The van der Waals surface area contributed by atoms with Gasteiger partial charge in [-0.1, -0.05) is 6.07 Å². The predicted molar refractivity (Wildman–Crippen MR) is 64.2 cm³/mol. The summed E-state index contributed by atoms with van der Waals surface area (Å²) in [6.07, 6.45) is 9.74. The summed E-state index contributed by atoms with van der Waals surface area (Å²) < 4.78 is 2.10. The van der Waals surface area contributed by atoms with Crippen LogP contribution in [-0.2, 0) is 6.54 Å². The van der Waals surface area contributed by atoms with Crippen molar-refractivity contribution in [3.63, 3.8) is 0 Å². The van der Waals surface area contributed by atoms with Crippen LogP contribution < -0.4 is 5.32 Å². The van der Waals surface area contributed by atoms with Crippen LogP contribution >= 0.6 is 0 Å². The zero-order valence-electron chi connectivity index (χ0n) is 9.21. The lowest BCUT2D eigenvalue weighted by atomic mass is 10.3. The van der Waals surface area contributed by atoms with Crippen LogP contribution in [0.3, 0.4) is 0 Å². The Morgan fingerprint density at radius 3 is 2.94 bits per heavy atom. The number of imidazole rings is 1. The Balaban J connectivity index is 1.59. The van der Waals surface area contributed by atoms with Crippen LogP contribution in [0, 0.1) is 0 Å². The molecular weight excluding hydrogens is 200 g/mol. The molecule has 0 saturated heterocycles. The molecule has 2 aromatic heterocycles. The fourth-order valence-corrected chi connectivity index (χ4v) is 1.52. The number of hydrogen-bond donors (Lipinski definition) is 1. The largest absolute Gasteiger partial charge is 0.370 e. The number of aromatic nitrogens is 3. The van der Waals surface area contributed by atoms with E-state index in [1.165, 1.54) is 0 Å². The minimum absolute atomic E-state index is 0.949.